The molecule has 0 aliphatic carbocycles. The number of likely N-dealkylation sites (tertiary alicyclic amines) is 1. The lowest BCUT2D eigenvalue weighted by atomic mass is 10.1. The SMILES string of the molecule is CCOc1ncccc1-c1ccc(N2CCC(OCc3ccc(F)cc3C(F)(F)F)C2)c(C(=O)NC2CN(C)C2)n1. The minimum Gasteiger partial charge on any atom is -0.477 e. The number of anilines is 1. The van der Waals surface area contributed by atoms with Gasteiger partial charge in [-0.05, 0) is 62.4 Å². The van der Waals surface area contributed by atoms with Crippen molar-refractivity contribution < 1.29 is 31.8 Å². The Balaban J connectivity index is 1.36. The third kappa shape index (κ3) is 6.59. The minimum atomic E-state index is -4.69. The third-order valence-electron chi connectivity index (χ3n) is 7.15. The summed E-state index contributed by atoms with van der Waals surface area (Å²) in [6.45, 7) is 4.31. The molecule has 12 heteroatoms. The van der Waals surface area contributed by atoms with Crippen LogP contribution in [0.25, 0.3) is 11.3 Å². The topological polar surface area (TPSA) is 79.8 Å². The molecule has 2 fully saturated rings. The summed E-state index contributed by atoms with van der Waals surface area (Å²) in [5.41, 5.74) is 0.849. The predicted octanol–water partition coefficient (Wildman–Crippen LogP) is 4.54. The number of carbonyl (C=O) groups is 1. The molecule has 1 N–H and O–H groups in total. The molecule has 2 aliphatic rings. The summed E-state index contributed by atoms with van der Waals surface area (Å²) in [6.07, 6.45) is -2.92. The van der Waals surface area contributed by atoms with E-state index in [2.05, 4.69) is 15.2 Å². The fourth-order valence-electron chi connectivity index (χ4n) is 5.13. The molecule has 41 heavy (non-hydrogen) atoms. The zero-order valence-corrected chi connectivity index (χ0v) is 22.7. The number of carbonyl (C=O) groups excluding carboxylic acids is 1. The van der Waals surface area contributed by atoms with Crippen molar-refractivity contribution in [2.45, 2.75) is 38.3 Å². The van der Waals surface area contributed by atoms with Crippen molar-refractivity contribution in [3.63, 3.8) is 0 Å². The molecule has 4 heterocycles. The number of hydrogen-bond donors (Lipinski definition) is 1. The van der Waals surface area contributed by atoms with Crippen LogP contribution in [0.3, 0.4) is 0 Å². The van der Waals surface area contributed by atoms with E-state index in [0.717, 1.165) is 25.2 Å². The highest BCUT2D eigenvalue weighted by atomic mass is 19.4. The van der Waals surface area contributed by atoms with Crippen LogP contribution < -0.4 is 15.0 Å². The summed E-state index contributed by atoms with van der Waals surface area (Å²) >= 11 is 0. The minimum absolute atomic E-state index is 0.0105. The lowest BCUT2D eigenvalue weighted by Crippen LogP contribution is -2.57. The number of alkyl halides is 3. The van der Waals surface area contributed by atoms with E-state index < -0.39 is 17.6 Å². The zero-order valence-electron chi connectivity index (χ0n) is 22.7. The van der Waals surface area contributed by atoms with Crippen LogP contribution in [0.5, 0.6) is 5.88 Å². The van der Waals surface area contributed by atoms with E-state index >= 15 is 0 Å². The molecular weight excluding hydrogens is 542 g/mol. The average Bonchev–Trinajstić information content (AvgIpc) is 3.40. The summed E-state index contributed by atoms with van der Waals surface area (Å²) < 4.78 is 65.2. The zero-order chi connectivity index (χ0) is 29.1. The fourth-order valence-corrected chi connectivity index (χ4v) is 5.13. The summed E-state index contributed by atoms with van der Waals surface area (Å²) in [5.74, 6) is -0.855. The van der Waals surface area contributed by atoms with Gasteiger partial charge in [0.1, 0.15) is 5.82 Å². The summed E-state index contributed by atoms with van der Waals surface area (Å²) in [5, 5.41) is 3.04. The predicted molar refractivity (Wildman–Crippen MR) is 144 cm³/mol. The molecular formula is C29H31F4N5O3. The van der Waals surface area contributed by atoms with Crippen molar-refractivity contribution >= 4 is 11.6 Å². The second kappa shape index (κ2) is 12.0. The monoisotopic (exact) mass is 573 g/mol. The van der Waals surface area contributed by atoms with Crippen LogP contribution in [0.4, 0.5) is 23.2 Å². The van der Waals surface area contributed by atoms with Crippen LogP contribution in [0.1, 0.15) is 35.0 Å². The number of nitrogens with zero attached hydrogens (tertiary/aromatic N) is 4. The van der Waals surface area contributed by atoms with Gasteiger partial charge < -0.3 is 24.6 Å². The number of ether oxygens (including phenoxy) is 2. The Labute approximate surface area is 235 Å². The number of hydrogen-bond acceptors (Lipinski definition) is 7. The molecule has 1 aromatic carbocycles. The normalized spacial score (nSPS) is 17.9. The molecule has 2 saturated heterocycles. The molecule has 8 nitrogen and oxygen atoms in total. The third-order valence-corrected chi connectivity index (χ3v) is 7.15. The highest BCUT2D eigenvalue weighted by molar-refractivity contribution is 5.99. The second-order valence-corrected chi connectivity index (χ2v) is 10.2. The van der Waals surface area contributed by atoms with Crippen molar-refractivity contribution in [2.24, 2.45) is 0 Å². The van der Waals surface area contributed by atoms with E-state index in [1.807, 2.05) is 31.0 Å². The maximum atomic E-state index is 13.5. The standard InChI is InChI=1S/C29H31F4N5O3/c1-3-40-28-22(5-4-11-34-28)24-8-9-25(26(36-24)27(39)35-20-14-37(2)15-20)38-12-10-21(16-38)41-17-18-6-7-19(30)13-23(18)29(31,32)33/h4-9,11,13,20-21H,3,10,12,14-17H2,1-2H3,(H,35,39). The van der Waals surface area contributed by atoms with Gasteiger partial charge in [0.25, 0.3) is 5.91 Å². The smallest absolute Gasteiger partial charge is 0.416 e. The number of amides is 1. The van der Waals surface area contributed by atoms with Gasteiger partial charge in [0.15, 0.2) is 5.69 Å². The van der Waals surface area contributed by atoms with E-state index in [0.29, 0.717) is 55.0 Å². The van der Waals surface area contributed by atoms with Crippen molar-refractivity contribution in [1.82, 2.24) is 20.2 Å². The summed E-state index contributed by atoms with van der Waals surface area (Å²) in [7, 11) is 1.97. The number of halogens is 4. The maximum Gasteiger partial charge on any atom is 0.416 e. The van der Waals surface area contributed by atoms with Gasteiger partial charge in [-0.15, -0.1) is 0 Å². The molecule has 2 aliphatic heterocycles. The summed E-state index contributed by atoms with van der Waals surface area (Å²) in [4.78, 5) is 26.5. The number of benzene rings is 1. The highest BCUT2D eigenvalue weighted by Gasteiger charge is 2.35. The molecule has 0 spiro atoms. The molecule has 0 radical (unpaired) electrons. The van der Waals surface area contributed by atoms with E-state index in [1.54, 1.807) is 18.3 Å². The molecule has 0 saturated carbocycles. The van der Waals surface area contributed by atoms with E-state index in [1.165, 1.54) is 0 Å². The number of aromatic nitrogens is 2. The molecule has 2 aromatic heterocycles. The van der Waals surface area contributed by atoms with Gasteiger partial charge in [-0.3, -0.25) is 4.79 Å². The second-order valence-electron chi connectivity index (χ2n) is 10.2. The van der Waals surface area contributed by atoms with Crippen molar-refractivity contribution in [2.75, 3.05) is 44.7 Å². The Morgan fingerprint density at radius 3 is 2.68 bits per heavy atom. The van der Waals surface area contributed by atoms with Crippen molar-refractivity contribution in [3.05, 3.63) is 71.3 Å². The Morgan fingerprint density at radius 2 is 1.95 bits per heavy atom. The van der Waals surface area contributed by atoms with Gasteiger partial charge in [-0.25, -0.2) is 14.4 Å². The fraction of sp³-hybridized carbons (Fsp3) is 0.414. The van der Waals surface area contributed by atoms with Crippen LogP contribution in [-0.4, -0.2) is 72.8 Å². The van der Waals surface area contributed by atoms with Crippen molar-refractivity contribution in [1.29, 1.82) is 0 Å². The number of rotatable bonds is 9. The quantitative estimate of drug-likeness (QED) is 0.377. The number of likely N-dealkylation sites (N-methyl/N-ethyl adjacent to an activating group) is 1. The van der Waals surface area contributed by atoms with Crippen LogP contribution >= 0.6 is 0 Å². The molecule has 218 valence electrons. The van der Waals surface area contributed by atoms with E-state index in [-0.39, 0.29) is 35.9 Å². The first-order valence-electron chi connectivity index (χ1n) is 13.4. The largest absolute Gasteiger partial charge is 0.477 e. The van der Waals surface area contributed by atoms with Crippen LogP contribution in [-0.2, 0) is 17.5 Å². The maximum absolute atomic E-state index is 13.5. The van der Waals surface area contributed by atoms with Crippen LogP contribution in [0.2, 0.25) is 0 Å². The molecule has 1 atom stereocenters. The molecule has 1 amide bonds. The van der Waals surface area contributed by atoms with Gasteiger partial charge in [0.05, 0.1) is 47.9 Å². The number of nitrogens with one attached hydrogen (secondary N) is 1. The molecule has 3 aromatic rings. The Morgan fingerprint density at radius 1 is 1.15 bits per heavy atom. The van der Waals surface area contributed by atoms with E-state index in [4.69, 9.17) is 14.5 Å². The van der Waals surface area contributed by atoms with Gasteiger partial charge in [0, 0.05) is 32.4 Å². The average molecular weight is 574 g/mol. The Hall–Kier alpha value is -3.77. The van der Waals surface area contributed by atoms with Gasteiger partial charge in [-0.2, -0.15) is 13.2 Å². The summed E-state index contributed by atoms with van der Waals surface area (Å²) in [6, 6.07) is 9.79. The molecule has 5 rings (SSSR count). The molecule has 1 unspecified atom stereocenters. The Bertz CT molecular complexity index is 1400. The van der Waals surface area contributed by atoms with E-state index in [9.17, 15) is 22.4 Å². The van der Waals surface area contributed by atoms with Gasteiger partial charge >= 0.3 is 6.18 Å². The van der Waals surface area contributed by atoms with Crippen LogP contribution in [0.15, 0.2) is 48.7 Å². The first-order chi connectivity index (χ1) is 19.6. The lowest BCUT2D eigenvalue weighted by Gasteiger charge is -2.36. The molecule has 0 bridgehead atoms. The van der Waals surface area contributed by atoms with Gasteiger partial charge in [0.2, 0.25) is 5.88 Å². The first-order valence-corrected chi connectivity index (χ1v) is 13.4. The van der Waals surface area contributed by atoms with Crippen molar-refractivity contribution in [3.8, 4) is 17.1 Å². The Kier molecular flexibility index (Phi) is 8.41. The number of pyridine rings is 2. The van der Waals surface area contributed by atoms with Gasteiger partial charge in [-0.1, -0.05) is 6.07 Å². The lowest BCUT2D eigenvalue weighted by molar-refractivity contribution is -0.139. The van der Waals surface area contributed by atoms with Crippen LogP contribution in [0, 0.1) is 5.82 Å². The first kappa shape index (κ1) is 28.7. The highest BCUT2D eigenvalue weighted by Crippen LogP contribution is 2.34.